The fraction of sp³-hybridized carbons (Fsp3) is 0.304. The molecule has 29 heavy (non-hydrogen) atoms. The van der Waals surface area contributed by atoms with Crippen molar-refractivity contribution in [3.05, 3.63) is 77.9 Å². The largest absolute Gasteiger partial charge is 0.465 e. The van der Waals surface area contributed by atoms with Crippen LogP contribution in [0.1, 0.15) is 36.1 Å². The first-order valence-corrected chi connectivity index (χ1v) is 10.0. The molecule has 0 spiro atoms. The number of pyridine rings is 1. The van der Waals surface area contributed by atoms with Crippen LogP contribution in [0.25, 0.3) is 16.8 Å². The Morgan fingerprint density at radius 3 is 2.69 bits per heavy atom. The van der Waals surface area contributed by atoms with Gasteiger partial charge in [0.15, 0.2) is 11.5 Å². The van der Waals surface area contributed by atoms with Gasteiger partial charge in [0.05, 0.1) is 6.54 Å². The van der Waals surface area contributed by atoms with Gasteiger partial charge in [-0.15, -0.1) is 0 Å². The third-order valence-electron chi connectivity index (χ3n) is 5.63. The molecule has 3 aromatic heterocycles. The highest BCUT2D eigenvalue weighted by atomic mass is 19.1. The summed E-state index contributed by atoms with van der Waals surface area (Å²) in [4.78, 5) is 7.17. The van der Waals surface area contributed by atoms with Crippen LogP contribution in [0.15, 0.2) is 59.1 Å². The molecule has 5 rings (SSSR count). The number of halogens is 1. The van der Waals surface area contributed by atoms with Crippen molar-refractivity contribution in [1.82, 2.24) is 19.5 Å². The van der Waals surface area contributed by atoms with E-state index in [4.69, 9.17) is 14.5 Å². The van der Waals surface area contributed by atoms with E-state index in [0.29, 0.717) is 5.92 Å². The van der Waals surface area contributed by atoms with E-state index in [1.807, 2.05) is 41.9 Å². The summed E-state index contributed by atoms with van der Waals surface area (Å²) in [6.45, 7) is 4.85. The van der Waals surface area contributed by atoms with Crippen molar-refractivity contribution in [2.45, 2.75) is 32.2 Å². The van der Waals surface area contributed by atoms with E-state index in [2.05, 4.69) is 11.0 Å². The maximum absolute atomic E-state index is 13.5. The lowest BCUT2D eigenvalue weighted by molar-refractivity contribution is 0.187. The average molecular weight is 390 g/mol. The minimum absolute atomic E-state index is 0.238. The Hall–Kier alpha value is -2.99. The molecule has 4 aromatic rings. The van der Waals surface area contributed by atoms with E-state index in [1.165, 1.54) is 12.1 Å². The smallest absolute Gasteiger partial charge is 0.155 e. The summed E-state index contributed by atoms with van der Waals surface area (Å²) >= 11 is 0. The number of benzene rings is 1. The standard InChI is InChI=1S/C23H23FN4O/c1-16-5-7-21(29-16)15-27-11-9-17(10-12-27)23-25-22-8-6-19(14-28(22)26-23)18-3-2-4-20(24)13-18/h2-8,13-14,17H,9-12,15H2,1H3. The van der Waals surface area contributed by atoms with Gasteiger partial charge in [0.25, 0.3) is 0 Å². The zero-order valence-electron chi connectivity index (χ0n) is 16.4. The fourth-order valence-corrected chi connectivity index (χ4v) is 4.05. The lowest BCUT2D eigenvalue weighted by Crippen LogP contribution is -2.32. The van der Waals surface area contributed by atoms with Crippen molar-refractivity contribution in [3.63, 3.8) is 0 Å². The number of aromatic nitrogens is 3. The van der Waals surface area contributed by atoms with Gasteiger partial charge in [-0.3, -0.25) is 4.90 Å². The number of likely N-dealkylation sites (tertiary alicyclic amines) is 1. The number of hydrogen-bond acceptors (Lipinski definition) is 4. The highest BCUT2D eigenvalue weighted by Crippen LogP contribution is 2.28. The lowest BCUT2D eigenvalue weighted by atomic mass is 9.96. The second kappa shape index (κ2) is 7.44. The molecular weight excluding hydrogens is 367 g/mol. The molecule has 6 heteroatoms. The molecule has 1 saturated heterocycles. The van der Waals surface area contributed by atoms with Crippen LogP contribution in [-0.2, 0) is 6.54 Å². The van der Waals surface area contributed by atoms with Gasteiger partial charge in [0.1, 0.15) is 17.3 Å². The van der Waals surface area contributed by atoms with Crippen molar-refractivity contribution in [1.29, 1.82) is 0 Å². The van der Waals surface area contributed by atoms with E-state index in [-0.39, 0.29) is 5.82 Å². The van der Waals surface area contributed by atoms with Gasteiger partial charge in [-0.2, -0.15) is 5.10 Å². The van der Waals surface area contributed by atoms with Crippen LogP contribution in [0, 0.1) is 12.7 Å². The van der Waals surface area contributed by atoms with Gasteiger partial charge >= 0.3 is 0 Å². The SMILES string of the molecule is Cc1ccc(CN2CCC(c3nc4ccc(-c5cccc(F)c5)cn4n3)CC2)o1. The first kappa shape index (κ1) is 18.1. The normalized spacial score (nSPS) is 15.9. The second-order valence-electron chi connectivity index (χ2n) is 7.76. The molecule has 0 unspecified atom stereocenters. The zero-order valence-corrected chi connectivity index (χ0v) is 16.4. The van der Waals surface area contributed by atoms with E-state index < -0.39 is 0 Å². The Balaban J connectivity index is 1.30. The molecule has 1 aliphatic rings. The Kier molecular flexibility index (Phi) is 4.64. The Morgan fingerprint density at radius 2 is 1.93 bits per heavy atom. The number of nitrogens with zero attached hydrogens (tertiary/aromatic N) is 4. The number of fused-ring (bicyclic) bond motifs is 1. The molecular formula is C23H23FN4O. The molecule has 0 N–H and O–H groups in total. The van der Waals surface area contributed by atoms with Gasteiger partial charge in [-0.05, 0) is 74.8 Å². The van der Waals surface area contributed by atoms with E-state index in [1.54, 1.807) is 6.07 Å². The summed E-state index contributed by atoms with van der Waals surface area (Å²) in [6, 6.07) is 14.6. The van der Waals surface area contributed by atoms with Crippen molar-refractivity contribution in [3.8, 4) is 11.1 Å². The van der Waals surface area contributed by atoms with Crippen molar-refractivity contribution in [2.24, 2.45) is 0 Å². The van der Waals surface area contributed by atoms with Crippen LogP contribution >= 0.6 is 0 Å². The molecule has 1 aromatic carbocycles. The van der Waals surface area contributed by atoms with Gasteiger partial charge in [-0.1, -0.05) is 12.1 Å². The van der Waals surface area contributed by atoms with Crippen LogP contribution in [0.3, 0.4) is 0 Å². The molecule has 0 amide bonds. The number of hydrogen-bond donors (Lipinski definition) is 0. The highest BCUT2D eigenvalue weighted by molar-refractivity contribution is 5.64. The number of furan rings is 1. The summed E-state index contributed by atoms with van der Waals surface area (Å²) in [5.41, 5.74) is 2.59. The van der Waals surface area contributed by atoms with Crippen molar-refractivity contribution < 1.29 is 8.81 Å². The quantitative estimate of drug-likeness (QED) is 0.501. The fourth-order valence-electron chi connectivity index (χ4n) is 4.05. The molecule has 0 saturated carbocycles. The Labute approximate surface area is 168 Å². The van der Waals surface area contributed by atoms with Crippen LogP contribution in [0.4, 0.5) is 4.39 Å². The Morgan fingerprint density at radius 1 is 1.07 bits per heavy atom. The van der Waals surface area contributed by atoms with Gasteiger partial charge in [0.2, 0.25) is 0 Å². The molecule has 4 heterocycles. The number of rotatable bonds is 4. The van der Waals surface area contributed by atoms with Crippen LogP contribution in [0.2, 0.25) is 0 Å². The minimum atomic E-state index is -0.238. The van der Waals surface area contributed by atoms with Crippen LogP contribution in [0.5, 0.6) is 0 Å². The molecule has 0 bridgehead atoms. The molecule has 5 nitrogen and oxygen atoms in total. The molecule has 1 fully saturated rings. The molecule has 148 valence electrons. The molecule has 0 atom stereocenters. The second-order valence-corrected chi connectivity index (χ2v) is 7.76. The Bertz CT molecular complexity index is 1140. The zero-order chi connectivity index (χ0) is 19.8. The number of aryl methyl sites for hydroxylation is 1. The van der Waals surface area contributed by atoms with E-state index >= 15 is 0 Å². The van der Waals surface area contributed by atoms with E-state index in [0.717, 1.165) is 66.6 Å². The molecule has 1 aliphatic heterocycles. The topological polar surface area (TPSA) is 46.6 Å². The summed E-state index contributed by atoms with van der Waals surface area (Å²) in [6.07, 6.45) is 4.00. The average Bonchev–Trinajstić information content (AvgIpc) is 3.34. The summed E-state index contributed by atoms with van der Waals surface area (Å²) in [5, 5.41) is 4.73. The third-order valence-corrected chi connectivity index (χ3v) is 5.63. The number of piperidine rings is 1. The van der Waals surface area contributed by atoms with E-state index in [9.17, 15) is 4.39 Å². The summed E-state index contributed by atoms with van der Waals surface area (Å²) < 4.78 is 21.1. The summed E-state index contributed by atoms with van der Waals surface area (Å²) in [7, 11) is 0. The van der Waals surface area contributed by atoms with Crippen molar-refractivity contribution >= 4 is 5.65 Å². The maximum Gasteiger partial charge on any atom is 0.155 e. The molecule has 0 aliphatic carbocycles. The lowest BCUT2D eigenvalue weighted by Gasteiger charge is -2.29. The van der Waals surface area contributed by atoms with Crippen LogP contribution < -0.4 is 0 Å². The van der Waals surface area contributed by atoms with Gasteiger partial charge < -0.3 is 4.42 Å². The monoisotopic (exact) mass is 390 g/mol. The minimum Gasteiger partial charge on any atom is -0.465 e. The first-order valence-electron chi connectivity index (χ1n) is 10.0. The molecule has 0 radical (unpaired) electrons. The summed E-state index contributed by atoms with van der Waals surface area (Å²) in [5.74, 6) is 3.01. The van der Waals surface area contributed by atoms with Crippen LogP contribution in [-0.4, -0.2) is 32.6 Å². The van der Waals surface area contributed by atoms with Gasteiger partial charge in [0, 0.05) is 17.7 Å². The van der Waals surface area contributed by atoms with Gasteiger partial charge in [-0.25, -0.2) is 13.9 Å². The van der Waals surface area contributed by atoms with Crippen molar-refractivity contribution in [2.75, 3.05) is 13.1 Å². The highest BCUT2D eigenvalue weighted by Gasteiger charge is 2.24. The predicted octanol–water partition coefficient (Wildman–Crippen LogP) is 4.82. The predicted molar refractivity (Wildman–Crippen MR) is 109 cm³/mol. The third kappa shape index (κ3) is 3.80. The first-order chi connectivity index (χ1) is 14.1. The maximum atomic E-state index is 13.5.